The van der Waals surface area contributed by atoms with Crippen LogP contribution in [0.2, 0.25) is 0 Å². The number of rotatable bonds is 1. The van der Waals surface area contributed by atoms with Crippen LogP contribution in [0, 0.1) is 0 Å². The Morgan fingerprint density at radius 1 is 1.11 bits per heavy atom. The van der Waals surface area contributed by atoms with Gasteiger partial charge in [-0.05, 0) is 12.1 Å². The van der Waals surface area contributed by atoms with Gasteiger partial charge in [-0.1, -0.05) is 18.2 Å². The monoisotopic (exact) mass is 241 g/mol. The quantitative estimate of drug-likeness (QED) is 0.746. The zero-order chi connectivity index (χ0) is 12.5. The molecule has 0 bridgehead atoms. The highest BCUT2D eigenvalue weighted by Crippen LogP contribution is 2.20. The Morgan fingerprint density at radius 3 is 2.61 bits per heavy atom. The van der Waals surface area contributed by atoms with E-state index in [1.165, 1.54) is 0 Å². The number of fused-ring (bicyclic) bond motifs is 1. The van der Waals surface area contributed by atoms with Gasteiger partial charge in [0.05, 0.1) is 30.5 Å². The first-order valence-electron chi connectivity index (χ1n) is 5.65. The van der Waals surface area contributed by atoms with Gasteiger partial charge in [0.15, 0.2) is 0 Å². The molecule has 0 saturated carbocycles. The van der Waals surface area contributed by atoms with Crippen LogP contribution in [0.5, 0.6) is 0 Å². The summed E-state index contributed by atoms with van der Waals surface area (Å²) in [5.74, 6) is -0.557. The molecule has 0 radical (unpaired) electrons. The summed E-state index contributed by atoms with van der Waals surface area (Å²) in [6, 6.07) is 9.67. The smallest absolute Gasteiger partial charge is 0.246 e. The summed E-state index contributed by atoms with van der Waals surface area (Å²) in [5.41, 5.74) is 1.69. The zero-order valence-electron chi connectivity index (χ0n) is 9.59. The number of para-hydroxylation sites is 1. The summed E-state index contributed by atoms with van der Waals surface area (Å²) in [6.07, 6.45) is 1.69. The van der Waals surface area contributed by atoms with Crippen LogP contribution < -0.4 is 10.2 Å². The van der Waals surface area contributed by atoms with Gasteiger partial charge in [-0.2, -0.15) is 0 Å². The lowest BCUT2D eigenvalue weighted by molar-refractivity contribution is -0.130. The maximum atomic E-state index is 11.3. The highest BCUT2D eigenvalue weighted by Gasteiger charge is 2.22. The number of imide groups is 1. The number of hydrogen-bond donors (Lipinski definition) is 1. The van der Waals surface area contributed by atoms with E-state index in [0.717, 1.165) is 16.6 Å². The maximum Gasteiger partial charge on any atom is 0.246 e. The highest BCUT2D eigenvalue weighted by molar-refractivity contribution is 6.02. The first kappa shape index (κ1) is 10.7. The molecule has 0 atom stereocenters. The largest absolute Gasteiger partial charge is 0.352 e. The Kier molecular flexibility index (Phi) is 2.44. The van der Waals surface area contributed by atoms with Crippen LogP contribution in [0.1, 0.15) is 0 Å². The normalized spacial score (nSPS) is 15.9. The number of hydrogen-bond acceptors (Lipinski definition) is 4. The molecule has 0 aliphatic carbocycles. The molecular formula is C13H11N3O2. The number of nitrogens with one attached hydrogen (secondary N) is 1. The molecule has 5 nitrogen and oxygen atoms in total. The van der Waals surface area contributed by atoms with Gasteiger partial charge in [-0.15, -0.1) is 0 Å². The third kappa shape index (κ3) is 1.90. The van der Waals surface area contributed by atoms with Crippen LogP contribution in [-0.4, -0.2) is 29.9 Å². The van der Waals surface area contributed by atoms with Gasteiger partial charge in [0.1, 0.15) is 0 Å². The predicted molar refractivity (Wildman–Crippen MR) is 67.1 cm³/mol. The number of anilines is 1. The first-order chi connectivity index (χ1) is 8.72. The van der Waals surface area contributed by atoms with Crippen LogP contribution in [-0.2, 0) is 9.59 Å². The van der Waals surface area contributed by atoms with Crippen LogP contribution in [0.25, 0.3) is 10.9 Å². The molecule has 1 aromatic heterocycles. The molecule has 1 saturated heterocycles. The number of carbonyl (C=O) groups is 2. The topological polar surface area (TPSA) is 62.3 Å². The molecule has 1 aliphatic heterocycles. The fraction of sp³-hybridized carbons (Fsp3) is 0.154. The van der Waals surface area contributed by atoms with Crippen molar-refractivity contribution < 1.29 is 9.59 Å². The zero-order valence-corrected chi connectivity index (χ0v) is 9.59. The van der Waals surface area contributed by atoms with Crippen LogP contribution in [0.15, 0.2) is 36.5 Å². The highest BCUT2D eigenvalue weighted by atomic mass is 16.2. The Balaban J connectivity index is 1.98. The number of aromatic nitrogens is 1. The minimum atomic E-state index is -0.278. The molecule has 5 heteroatoms. The summed E-state index contributed by atoms with van der Waals surface area (Å²) >= 11 is 0. The molecule has 1 aliphatic rings. The molecule has 2 heterocycles. The van der Waals surface area contributed by atoms with Crippen molar-refractivity contribution in [3.8, 4) is 0 Å². The minimum Gasteiger partial charge on any atom is -0.352 e. The second-order valence-corrected chi connectivity index (χ2v) is 4.21. The van der Waals surface area contributed by atoms with E-state index in [1.807, 2.05) is 30.3 Å². The lowest BCUT2D eigenvalue weighted by Gasteiger charge is -2.27. The van der Waals surface area contributed by atoms with Gasteiger partial charge in [-0.3, -0.25) is 19.9 Å². The van der Waals surface area contributed by atoms with Crippen molar-refractivity contribution in [3.63, 3.8) is 0 Å². The third-order valence-electron chi connectivity index (χ3n) is 2.89. The van der Waals surface area contributed by atoms with E-state index < -0.39 is 0 Å². The van der Waals surface area contributed by atoms with Gasteiger partial charge >= 0.3 is 0 Å². The maximum absolute atomic E-state index is 11.3. The van der Waals surface area contributed by atoms with Crippen molar-refractivity contribution in [2.45, 2.75) is 0 Å². The molecule has 90 valence electrons. The summed E-state index contributed by atoms with van der Waals surface area (Å²) in [6.45, 7) is 0.373. The molecule has 2 aromatic rings. The van der Waals surface area contributed by atoms with E-state index in [2.05, 4.69) is 10.3 Å². The van der Waals surface area contributed by atoms with Gasteiger partial charge < -0.3 is 4.90 Å². The van der Waals surface area contributed by atoms with Crippen molar-refractivity contribution in [1.82, 2.24) is 10.3 Å². The number of piperazine rings is 1. The van der Waals surface area contributed by atoms with Crippen molar-refractivity contribution >= 4 is 28.4 Å². The fourth-order valence-electron chi connectivity index (χ4n) is 2.05. The van der Waals surface area contributed by atoms with Crippen molar-refractivity contribution in [2.24, 2.45) is 0 Å². The molecule has 0 unspecified atom stereocenters. The SMILES string of the molecule is O=C1CN(c2cnc3ccccc3c2)CC(=O)N1. The van der Waals surface area contributed by atoms with Gasteiger partial charge in [0.2, 0.25) is 11.8 Å². The van der Waals surface area contributed by atoms with Crippen molar-refractivity contribution in [1.29, 1.82) is 0 Å². The van der Waals surface area contributed by atoms with Crippen LogP contribution in [0.3, 0.4) is 0 Å². The third-order valence-corrected chi connectivity index (χ3v) is 2.89. The Labute approximate surface area is 103 Å². The van der Waals surface area contributed by atoms with E-state index in [0.29, 0.717) is 0 Å². The number of nitrogens with zero attached hydrogens (tertiary/aromatic N) is 2. The number of pyridine rings is 1. The molecule has 1 aromatic carbocycles. The molecule has 3 rings (SSSR count). The van der Waals surface area contributed by atoms with Crippen LogP contribution >= 0.6 is 0 Å². The molecule has 2 amide bonds. The summed E-state index contributed by atoms with van der Waals surface area (Å²) < 4.78 is 0. The van der Waals surface area contributed by atoms with E-state index in [-0.39, 0.29) is 24.9 Å². The fourth-order valence-corrected chi connectivity index (χ4v) is 2.05. The second-order valence-electron chi connectivity index (χ2n) is 4.21. The van der Waals surface area contributed by atoms with E-state index in [1.54, 1.807) is 11.1 Å². The Morgan fingerprint density at radius 2 is 1.83 bits per heavy atom. The first-order valence-corrected chi connectivity index (χ1v) is 5.65. The second kappa shape index (κ2) is 4.10. The van der Waals surface area contributed by atoms with E-state index in [9.17, 15) is 9.59 Å². The van der Waals surface area contributed by atoms with Crippen molar-refractivity contribution in [3.05, 3.63) is 36.5 Å². The molecule has 1 fully saturated rings. The van der Waals surface area contributed by atoms with Gasteiger partial charge in [0.25, 0.3) is 0 Å². The molecule has 1 N–H and O–H groups in total. The number of amides is 2. The lowest BCUT2D eigenvalue weighted by Crippen LogP contribution is -2.51. The number of carbonyl (C=O) groups excluding carboxylic acids is 2. The van der Waals surface area contributed by atoms with Crippen molar-refractivity contribution in [2.75, 3.05) is 18.0 Å². The summed E-state index contributed by atoms with van der Waals surface area (Å²) in [5, 5.41) is 3.27. The summed E-state index contributed by atoms with van der Waals surface area (Å²) in [7, 11) is 0. The minimum absolute atomic E-state index is 0.186. The molecule has 0 spiro atoms. The molecular weight excluding hydrogens is 230 g/mol. The number of benzene rings is 1. The van der Waals surface area contributed by atoms with Gasteiger partial charge in [0, 0.05) is 5.39 Å². The molecule has 18 heavy (non-hydrogen) atoms. The predicted octanol–water partition coefficient (Wildman–Crippen LogP) is 0.698. The van der Waals surface area contributed by atoms with E-state index in [4.69, 9.17) is 0 Å². The van der Waals surface area contributed by atoms with Crippen LogP contribution in [0.4, 0.5) is 5.69 Å². The average molecular weight is 241 g/mol. The Bertz CT molecular complexity index is 623. The van der Waals surface area contributed by atoms with E-state index >= 15 is 0 Å². The Hall–Kier alpha value is -2.43. The standard InChI is InChI=1S/C13H11N3O2/c17-12-7-16(8-13(18)15-12)10-5-9-3-1-2-4-11(9)14-6-10/h1-6H,7-8H2,(H,15,17,18). The summed E-state index contributed by atoms with van der Waals surface area (Å²) in [4.78, 5) is 28.7. The van der Waals surface area contributed by atoms with Gasteiger partial charge in [-0.25, -0.2) is 0 Å². The lowest BCUT2D eigenvalue weighted by atomic mass is 10.2. The average Bonchev–Trinajstić information content (AvgIpc) is 2.37.